The van der Waals surface area contributed by atoms with Crippen molar-refractivity contribution in [3.63, 3.8) is 0 Å². The molecule has 1 aromatic carbocycles. The number of methoxy groups -OCH3 is 1. The lowest BCUT2D eigenvalue weighted by Crippen LogP contribution is -2.13. The van der Waals surface area contributed by atoms with Crippen LogP contribution in [0, 0.1) is 0 Å². The number of aliphatic carboxylic acids is 1. The summed E-state index contributed by atoms with van der Waals surface area (Å²) in [4.78, 5) is 28.8. The second-order valence-corrected chi connectivity index (χ2v) is 3.88. The lowest BCUT2D eigenvalue weighted by Gasteiger charge is -2.04. The zero-order valence-corrected chi connectivity index (χ0v) is 10.2. The van der Waals surface area contributed by atoms with Crippen molar-refractivity contribution < 1.29 is 14.6 Å². The van der Waals surface area contributed by atoms with Crippen LogP contribution in [0.3, 0.4) is 0 Å². The van der Waals surface area contributed by atoms with Crippen LogP contribution in [0.4, 0.5) is 0 Å². The number of nitrogens with zero attached hydrogens (tertiary/aromatic N) is 1. The summed E-state index contributed by atoms with van der Waals surface area (Å²) in [5.74, 6) is -0.00188. The van der Waals surface area contributed by atoms with Crippen molar-refractivity contribution in [1.82, 2.24) is 9.97 Å². The third-order valence-electron chi connectivity index (χ3n) is 2.49. The van der Waals surface area contributed by atoms with Crippen LogP contribution in [0.15, 0.2) is 35.1 Å². The van der Waals surface area contributed by atoms with Crippen LogP contribution < -0.4 is 10.3 Å². The molecule has 0 radical (unpaired) electrons. The number of aromatic amines is 1. The number of benzene rings is 1. The molecule has 0 fully saturated rings. The first kappa shape index (κ1) is 12.8. The van der Waals surface area contributed by atoms with Crippen LogP contribution in [0.25, 0.3) is 11.4 Å². The highest BCUT2D eigenvalue weighted by molar-refractivity contribution is 5.69. The van der Waals surface area contributed by atoms with Crippen LogP contribution in [-0.2, 0) is 11.2 Å². The summed E-state index contributed by atoms with van der Waals surface area (Å²) in [6.07, 6.45) is -0.285. The van der Waals surface area contributed by atoms with Crippen molar-refractivity contribution in [2.45, 2.75) is 6.42 Å². The molecule has 1 heterocycles. The Bertz CT molecular complexity index is 646. The van der Waals surface area contributed by atoms with Crippen LogP contribution in [-0.4, -0.2) is 28.2 Å². The average molecular weight is 260 g/mol. The van der Waals surface area contributed by atoms with Gasteiger partial charge in [0.15, 0.2) is 0 Å². The number of carboxylic acid groups (broad SMARTS) is 1. The molecule has 0 aliphatic carbocycles. The van der Waals surface area contributed by atoms with Gasteiger partial charge in [-0.05, 0) is 24.3 Å². The summed E-state index contributed by atoms with van der Waals surface area (Å²) in [5.41, 5.74) is 0.532. The highest BCUT2D eigenvalue weighted by atomic mass is 16.5. The van der Waals surface area contributed by atoms with Crippen molar-refractivity contribution in [3.8, 4) is 17.1 Å². The first-order valence-corrected chi connectivity index (χ1v) is 5.55. The van der Waals surface area contributed by atoms with Gasteiger partial charge >= 0.3 is 5.97 Å². The van der Waals surface area contributed by atoms with Gasteiger partial charge in [0.25, 0.3) is 5.56 Å². The van der Waals surface area contributed by atoms with Crippen molar-refractivity contribution in [1.29, 1.82) is 0 Å². The molecular formula is C13H12N2O4. The third kappa shape index (κ3) is 3.19. The molecule has 0 saturated carbocycles. The number of carboxylic acids is 1. The average Bonchev–Trinajstić information content (AvgIpc) is 2.37. The Morgan fingerprint density at radius 3 is 2.63 bits per heavy atom. The van der Waals surface area contributed by atoms with Crippen LogP contribution in [0.5, 0.6) is 5.75 Å². The molecule has 0 amide bonds. The fourth-order valence-electron chi connectivity index (χ4n) is 1.64. The highest BCUT2D eigenvalue weighted by Gasteiger charge is 2.07. The summed E-state index contributed by atoms with van der Waals surface area (Å²) < 4.78 is 5.04. The second-order valence-electron chi connectivity index (χ2n) is 3.88. The van der Waals surface area contributed by atoms with Gasteiger partial charge in [-0.3, -0.25) is 9.59 Å². The van der Waals surface area contributed by atoms with Crippen LogP contribution >= 0.6 is 0 Å². The van der Waals surface area contributed by atoms with E-state index in [1.54, 1.807) is 31.4 Å². The quantitative estimate of drug-likeness (QED) is 0.857. The van der Waals surface area contributed by atoms with Gasteiger partial charge in [0.2, 0.25) is 0 Å². The molecule has 1 aromatic heterocycles. The van der Waals surface area contributed by atoms with Crippen LogP contribution in [0.2, 0.25) is 0 Å². The minimum Gasteiger partial charge on any atom is -0.497 e. The Kier molecular flexibility index (Phi) is 3.61. The number of aromatic nitrogens is 2. The van der Waals surface area contributed by atoms with E-state index in [9.17, 15) is 9.59 Å². The van der Waals surface area contributed by atoms with E-state index in [4.69, 9.17) is 9.84 Å². The SMILES string of the molecule is COc1ccc(-c2nc(CC(=O)O)cc(=O)[nH]2)cc1. The standard InChI is InChI=1S/C13H12N2O4/c1-19-10-4-2-8(3-5-10)13-14-9(7-12(17)18)6-11(16)15-13/h2-6H,7H2,1H3,(H,17,18)(H,14,15,16). The van der Waals surface area contributed by atoms with E-state index in [1.165, 1.54) is 6.07 Å². The van der Waals surface area contributed by atoms with Crippen LogP contribution in [0.1, 0.15) is 5.69 Å². The van der Waals surface area contributed by atoms with Gasteiger partial charge in [-0.25, -0.2) is 4.98 Å². The molecule has 0 aliphatic heterocycles. The molecular weight excluding hydrogens is 248 g/mol. The van der Waals surface area contributed by atoms with E-state index in [1.807, 2.05) is 0 Å². The molecule has 19 heavy (non-hydrogen) atoms. The summed E-state index contributed by atoms with van der Waals surface area (Å²) in [5, 5.41) is 8.72. The van der Waals surface area contributed by atoms with E-state index >= 15 is 0 Å². The third-order valence-corrected chi connectivity index (χ3v) is 2.49. The Morgan fingerprint density at radius 2 is 2.05 bits per heavy atom. The van der Waals surface area contributed by atoms with Gasteiger partial charge in [0.05, 0.1) is 19.2 Å². The zero-order chi connectivity index (χ0) is 13.8. The zero-order valence-electron chi connectivity index (χ0n) is 10.2. The monoisotopic (exact) mass is 260 g/mol. The molecule has 0 atom stereocenters. The summed E-state index contributed by atoms with van der Waals surface area (Å²) in [7, 11) is 1.56. The van der Waals surface area contributed by atoms with Crippen molar-refractivity contribution in [3.05, 3.63) is 46.4 Å². The summed E-state index contributed by atoms with van der Waals surface area (Å²) in [6.45, 7) is 0. The maximum atomic E-state index is 11.5. The number of nitrogens with one attached hydrogen (secondary N) is 1. The number of hydrogen-bond donors (Lipinski definition) is 2. The molecule has 0 bridgehead atoms. The fourth-order valence-corrected chi connectivity index (χ4v) is 1.64. The van der Waals surface area contributed by atoms with Gasteiger partial charge in [-0.1, -0.05) is 0 Å². The Labute approximate surface area is 108 Å². The molecule has 6 heteroatoms. The van der Waals surface area contributed by atoms with Crippen molar-refractivity contribution >= 4 is 5.97 Å². The highest BCUT2D eigenvalue weighted by Crippen LogP contribution is 2.18. The van der Waals surface area contributed by atoms with Crippen molar-refractivity contribution in [2.75, 3.05) is 7.11 Å². The second kappa shape index (κ2) is 5.34. The molecule has 2 rings (SSSR count). The van der Waals surface area contributed by atoms with Gasteiger partial charge < -0.3 is 14.8 Å². The first-order chi connectivity index (χ1) is 9.08. The van der Waals surface area contributed by atoms with Gasteiger partial charge in [-0.15, -0.1) is 0 Å². The maximum Gasteiger partial charge on any atom is 0.309 e. The fraction of sp³-hybridized carbons (Fsp3) is 0.154. The van der Waals surface area contributed by atoms with E-state index in [-0.39, 0.29) is 17.7 Å². The number of ether oxygens (including phenoxy) is 1. The van der Waals surface area contributed by atoms with E-state index in [0.29, 0.717) is 17.1 Å². The largest absolute Gasteiger partial charge is 0.497 e. The number of carbonyl (C=O) groups is 1. The molecule has 6 nitrogen and oxygen atoms in total. The summed E-state index contributed by atoms with van der Waals surface area (Å²) in [6, 6.07) is 8.13. The van der Waals surface area contributed by atoms with Crippen molar-refractivity contribution in [2.24, 2.45) is 0 Å². The predicted octanol–water partition coefficient (Wildman–Crippen LogP) is 1.07. The molecule has 2 aromatic rings. The molecule has 0 spiro atoms. The number of hydrogen-bond acceptors (Lipinski definition) is 4. The molecule has 98 valence electrons. The van der Waals surface area contributed by atoms with Gasteiger partial charge in [0.1, 0.15) is 11.6 Å². The Morgan fingerprint density at radius 1 is 1.37 bits per heavy atom. The molecule has 0 saturated heterocycles. The topological polar surface area (TPSA) is 92.3 Å². The smallest absolute Gasteiger partial charge is 0.309 e. The van der Waals surface area contributed by atoms with E-state index < -0.39 is 5.97 Å². The predicted molar refractivity (Wildman–Crippen MR) is 68.2 cm³/mol. The Balaban J connectivity index is 2.40. The minimum atomic E-state index is -1.03. The lowest BCUT2D eigenvalue weighted by atomic mass is 10.2. The molecule has 2 N–H and O–H groups in total. The lowest BCUT2D eigenvalue weighted by molar-refractivity contribution is -0.136. The first-order valence-electron chi connectivity index (χ1n) is 5.55. The normalized spacial score (nSPS) is 10.2. The van der Waals surface area contributed by atoms with Gasteiger partial charge in [0, 0.05) is 11.6 Å². The maximum absolute atomic E-state index is 11.5. The molecule has 0 aliphatic rings. The number of rotatable bonds is 4. The molecule has 0 unspecified atom stereocenters. The minimum absolute atomic E-state index is 0.224. The van der Waals surface area contributed by atoms with Gasteiger partial charge in [-0.2, -0.15) is 0 Å². The van der Waals surface area contributed by atoms with E-state index in [2.05, 4.69) is 9.97 Å². The summed E-state index contributed by atoms with van der Waals surface area (Å²) >= 11 is 0. The number of H-pyrrole nitrogens is 1. The Hall–Kier alpha value is -2.63. The van der Waals surface area contributed by atoms with E-state index in [0.717, 1.165) is 0 Å².